The van der Waals surface area contributed by atoms with Crippen molar-refractivity contribution in [1.82, 2.24) is 15.5 Å². The van der Waals surface area contributed by atoms with E-state index in [1.54, 1.807) is 4.90 Å². The van der Waals surface area contributed by atoms with Crippen molar-refractivity contribution in [2.45, 2.75) is 58.2 Å². The molecule has 2 aliphatic heterocycles. The topological polar surface area (TPSA) is 97.0 Å². The molecule has 32 heavy (non-hydrogen) atoms. The molecule has 1 aromatic rings. The molecule has 0 saturated carbocycles. The third-order valence-electron chi connectivity index (χ3n) is 6.05. The van der Waals surface area contributed by atoms with Crippen molar-refractivity contribution in [2.75, 3.05) is 32.9 Å². The summed E-state index contributed by atoms with van der Waals surface area (Å²) in [4.78, 5) is 40.1. The van der Waals surface area contributed by atoms with Gasteiger partial charge in [-0.05, 0) is 30.2 Å². The number of morpholine rings is 1. The summed E-state index contributed by atoms with van der Waals surface area (Å²) in [6.07, 6.45) is 1.48. The fraction of sp³-hybridized carbons (Fsp3) is 0.625. The van der Waals surface area contributed by atoms with E-state index < -0.39 is 12.1 Å². The number of Topliss-reactive ketones (excluding diaryl/α,β-unsaturated/α-hetero) is 1. The molecule has 3 rings (SSSR count). The van der Waals surface area contributed by atoms with Gasteiger partial charge in [0.25, 0.3) is 0 Å². The summed E-state index contributed by atoms with van der Waals surface area (Å²) >= 11 is 0. The molecular weight excluding hydrogens is 410 g/mol. The molecule has 1 aromatic carbocycles. The number of amides is 3. The maximum absolute atomic E-state index is 13.3. The van der Waals surface area contributed by atoms with Crippen molar-refractivity contribution >= 4 is 17.7 Å². The lowest BCUT2D eigenvalue weighted by atomic mass is 9.80. The van der Waals surface area contributed by atoms with Crippen LogP contribution in [0.4, 0.5) is 4.79 Å². The fourth-order valence-corrected chi connectivity index (χ4v) is 4.35. The molecule has 3 atom stereocenters. The normalized spacial score (nSPS) is 22.5. The summed E-state index contributed by atoms with van der Waals surface area (Å²) in [6.45, 7) is 8.03. The number of hydrogen-bond donors (Lipinski definition) is 2. The van der Waals surface area contributed by atoms with E-state index in [0.29, 0.717) is 39.1 Å². The highest BCUT2D eigenvalue weighted by atomic mass is 16.5. The van der Waals surface area contributed by atoms with Gasteiger partial charge >= 0.3 is 6.03 Å². The van der Waals surface area contributed by atoms with Gasteiger partial charge in [0.1, 0.15) is 18.7 Å². The predicted molar refractivity (Wildman–Crippen MR) is 120 cm³/mol. The van der Waals surface area contributed by atoms with Gasteiger partial charge in [-0.2, -0.15) is 0 Å². The zero-order valence-electron chi connectivity index (χ0n) is 19.3. The van der Waals surface area contributed by atoms with E-state index in [2.05, 4.69) is 36.6 Å². The number of urea groups is 1. The van der Waals surface area contributed by atoms with Crippen LogP contribution in [0.25, 0.3) is 0 Å². The van der Waals surface area contributed by atoms with Crippen molar-refractivity contribution in [3.8, 4) is 0 Å². The second-order valence-corrected chi connectivity index (χ2v) is 9.34. The average molecular weight is 446 g/mol. The molecule has 0 radical (unpaired) electrons. The maximum atomic E-state index is 13.3. The van der Waals surface area contributed by atoms with Crippen molar-refractivity contribution in [2.24, 2.45) is 5.41 Å². The molecule has 2 fully saturated rings. The van der Waals surface area contributed by atoms with Crippen molar-refractivity contribution < 1.29 is 23.9 Å². The smallest absolute Gasteiger partial charge is 0.318 e. The largest absolute Gasteiger partial charge is 0.378 e. The van der Waals surface area contributed by atoms with Crippen molar-refractivity contribution in [3.05, 3.63) is 35.9 Å². The van der Waals surface area contributed by atoms with Crippen molar-refractivity contribution in [1.29, 1.82) is 0 Å². The average Bonchev–Trinajstić information content (AvgIpc) is 3.13. The number of hydrogen-bond acceptors (Lipinski definition) is 5. The van der Waals surface area contributed by atoms with Crippen LogP contribution in [0.3, 0.4) is 0 Å². The third kappa shape index (κ3) is 6.53. The molecule has 2 aliphatic rings. The van der Waals surface area contributed by atoms with Gasteiger partial charge in [0.05, 0.1) is 19.3 Å². The van der Waals surface area contributed by atoms with E-state index in [1.165, 1.54) is 5.56 Å². The van der Waals surface area contributed by atoms with Crippen LogP contribution in [-0.4, -0.2) is 73.7 Å². The first kappa shape index (κ1) is 24.2. The maximum Gasteiger partial charge on any atom is 0.318 e. The van der Waals surface area contributed by atoms with Gasteiger partial charge in [-0.1, -0.05) is 51.1 Å². The zero-order chi connectivity index (χ0) is 23.1. The first-order chi connectivity index (χ1) is 15.3. The van der Waals surface area contributed by atoms with Gasteiger partial charge in [-0.3, -0.25) is 9.59 Å². The number of rotatable bonds is 8. The second kappa shape index (κ2) is 10.9. The van der Waals surface area contributed by atoms with Gasteiger partial charge in [-0.15, -0.1) is 0 Å². The highest BCUT2D eigenvalue weighted by molar-refractivity contribution is 5.94. The Kier molecular flexibility index (Phi) is 8.26. The Labute approximate surface area is 190 Å². The van der Waals surface area contributed by atoms with Crippen LogP contribution >= 0.6 is 0 Å². The number of ether oxygens (including phenoxy) is 2. The van der Waals surface area contributed by atoms with Gasteiger partial charge in [0.2, 0.25) is 5.91 Å². The number of carbonyl (C=O) groups excluding carboxylic acids is 3. The third-order valence-corrected chi connectivity index (χ3v) is 6.05. The highest BCUT2D eigenvalue weighted by Crippen LogP contribution is 2.28. The Morgan fingerprint density at radius 2 is 1.88 bits per heavy atom. The predicted octanol–water partition coefficient (Wildman–Crippen LogP) is 1.92. The van der Waals surface area contributed by atoms with E-state index in [0.717, 1.165) is 6.42 Å². The summed E-state index contributed by atoms with van der Waals surface area (Å²) in [5, 5.41) is 5.77. The molecule has 0 aliphatic carbocycles. The number of carbonyl (C=O) groups is 3. The molecule has 0 bridgehead atoms. The van der Waals surface area contributed by atoms with Crippen LogP contribution in [-0.2, 0) is 25.5 Å². The Hall–Kier alpha value is -2.45. The molecule has 2 N–H and O–H groups in total. The SMILES string of the molecule is CCC1OCC(=O)C1NC(=O)C(CC(C)(C)Cc1ccccc1)NC(=O)N1CCOCC1. The zero-order valence-corrected chi connectivity index (χ0v) is 19.3. The fourth-order valence-electron chi connectivity index (χ4n) is 4.35. The Morgan fingerprint density at radius 1 is 1.19 bits per heavy atom. The monoisotopic (exact) mass is 445 g/mol. The lowest BCUT2D eigenvalue weighted by molar-refractivity contribution is -0.128. The number of nitrogens with zero attached hydrogens (tertiary/aromatic N) is 1. The van der Waals surface area contributed by atoms with E-state index in [-0.39, 0.29) is 35.8 Å². The molecule has 8 heteroatoms. The molecule has 3 unspecified atom stereocenters. The van der Waals surface area contributed by atoms with Crippen LogP contribution in [0.5, 0.6) is 0 Å². The van der Waals surface area contributed by atoms with Gasteiger partial charge in [0, 0.05) is 13.1 Å². The Balaban J connectivity index is 1.72. The molecule has 0 spiro atoms. The van der Waals surface area contributed by atoms with Crippen LogP contribution in [0.15, 0.2) is 30.3 Å². The first-order valence-corrected chi connectivity index (χ1v) is 11.4. The van der Waals surface area contributed by atoms with E-state index in [1.807, 2.05) is 25.1 Å². The van der Waals surface area contributed by atoms with Gasteiger partial charge < -0.3 is 25.0 Å². The lowest BCUT2D eigenvalue weighted by Gasteiger charge is -2.33. The minimum Gasteiger partial charge on any atom is -0.378 e. The second-order valence-electron chi connectivity index (χ2n) is 9.34. The molecule has 176 valence electrons. The first-order valence-electron chi connectivity index (χ1n) is 11.4. The molecular formula is C24H35N3O5. The molecule has 2 saturated heterocycles. The Morgan fingerprint density at radius 3 is 2.53 bits per heavy atom. The molecule has 3 amide bonds. The van der Waals surface area contributed by atoms with Crippen LogP contribution in [0.2, 0.25) is 0 Å². The summed E-state index contributed by atoms with van der Waals surface area (Å²) in [5.74, 6) is -0.484. The minimum absolute atomic E-state index is 0.00770. The minimum atomic E-state index is -0.769. The molecule has 0 aromatic heterocycles. The lowest BCUT2D eigenvalue weighted by Crippen LogP contribution is -2.57. The van der Waals surface area contributed by atoms with E-state index >= 15 is 0 Å². The number of ketones is 1. The van der Waals surface area contributed by atoms with Crippen LogP contribution in [0, 0.1) is 5.41 Å². The molecule has 8 nitrogen and oxygen atoms in total. The summed E-state index contributed by atoms with van der Waals surface area (Å²) in [5.41, 5.74) is 0.906. The quantitative estimate of drug-likeness (QED) is 0.637. The van der Waals surface area contributed by atoms with E-state index in [4.69, 9.17) is 9.47 Å². The Bertz CT molecular complexity index is 792. The van der Waals surface area contributed by atoms with E-state index in [9.17, 15) is 14.4 Å². The summed E-state index contributed by atoms with van der Waals surface area (Å²) < 4.78 is 10.8. The van der Waals surface area contributed by atoms with Crippen LogP contribution in [0.1, 0.15) is 39.2 Å². The summed E-state index contributed by atoms with van der Waals surface area (Å²) in [6, 6.07) is 8.35. The van der Waals surface area contributed by atoms with Crippen LogP contribution < -0.4 is 10.6 Å². The number of benzene rings is 1. The summed E-state index contributed by atoms with van der Waals surface area (Å²) in [7, 11) is 0. The molecule has 2 heterocycles. The van der Waals surface area contributed by atoms with Gasteiger partial charge in [-0.25, -0.2) is 4.79 Å². The van der Waals surface area contributed by atoms with Gasteiger partial charge in [0.15, 0.2) is 5.78 Å². The number of nitrogens with one attached hydrogen (secondary N) is 2. The highest BCUT2D eigenvalue weighted by Gasteiger charge is 2.38. The standard InChI is InChI=1S/C24H35N3O5/c1-4-20-21(19(28)16-32-20)26-22(29)18(25-23(30)27-10-12-31-13-11-27)15-24(2,3)14-17-8-6-5-7-9-17/h5-9,18,20-21H,4,10-16H2,1-3H3,(H,25,30)(H,26,29). The van der Waals surface area contributed by atoms with Crippen molar-refractivity contribution in [3.63, 3.8) is 0 Å².